The van der Waals surface area contributed by atoms with E-state index in [1.807, 2.05) is 53.5 Å². The van der Waals surface area contributed by atoms with E-state index >= 15 is 0 Å². The maximum atomic E-state index is 13.2. The van der Waals surface area contributed by atoms with Gasteiger partial charge in [0.15, 0.2) is 24.2 Å². The number of fused-ring (bicyclic) bond motifs is 2. The lowest BCUT2D eigenvalue weighted by Gasteiger charge is -2.26. The summed E-state index contributed by atoms with van der Waals surface area (Å²) in [6, 6.07) is 17.3. The third-order valence-corrected chi connectivity index (χ3v) is 6.44. The average molecular weight is 435 g/mol. The molecule has 2 atom stereocenters. The Balaban J connectivity index is 1.49. The smallest absolute Gasteiger partial charge is 0.336 e. The van der Waals surface area contributed by atoms with Crippen LogP contribution in [0.2, 0.25) is 0 Å². The third-order valence-electron chi connectivity index (χ3n) is 6.44. The van der Waals surface area contributed by atoms with Crippen molar-refractivity contribution in [1.82, 2.24) is 4.57 Å². The Kier molecular flexibility index (Phi) is 4.88. The molecule has 5 rings (SSSR count). The maximum Gasteiger partial charge on any atom is 0.416 e. The number of rotatable bonds is 3. The van der Waals surface area contributed by atoms with Crippen molar-refractivity contribution in [2.45, 2.75) is 38.0 Å². The van der Waals surface area contributed by atoms with Crippen LogP contribution in [-0.4, -0.2) is 10.4 Å². The van der Waals surface area contributed by atoms with Crippen molar-refractivity contribution >= 4 is 16.7 Å². The number of carbonyl (C=O) groups excluding carboxylic acids is 1. The minimum Gasteiger partial charge on any atom is -0.336 e. The van der Waals surface area contributed by atoms with Crippen molar-refractivity contribution in [2.24, 2.45) is 0 Å². The van der Waals surface area contributed by atoms with Gasteiger partial charge in [-0.3, -0.25) is 4.79 Å². The van der Waals surface area contributed by atoms with Crippen molar-refractivity contribution in [1.29, 1.82) is 0 Å². The molecule has 0 radical (unpaired) electrons. The van der Waals surface area contributed by atoms with Gasteiger partial charge >= 0.3 is 6.18 Å². The highest BCUT2D eigenvalue weighted by Crippen LogP contribution is 2.36. The predicted octanol–water partition coefficient (Wildman–Crippen LogP) is 5.93. The molecular formula is C26H22F3N2O+. The van der Waals surface area contributed by atoms with E-state index in [0.29, 0.717) is 18.4 Å². The highest BCUT2D eigenvalue weighted by molar-refractivity contribution is 6.02. The summed E-state index contributed by atoms with van der Waals surface area (Å²) in [5.41, 5.74) is 2.18. The highest BCUT2D eigenvalue weighted by atomic mass is 19.4. The molecule has 2 aromatic carbocycles. The van der Waals surface area contributed by atoms with Crippen LogP contribution in [0.15, 0.2) is 79.3 Å². The van der Waals surface area contributed by atoms with Gasteiger partial charge in [0, 0.05) is 30.3 Å². The van der Waals surface area contributed by atoms with Crippen LogP contribution < -0.4 is 4.57 Å². The van der Waals surface area contributed by atoms with E-state index < -0.39 is 17.8 Å². The Hall–Kier alpha value is -3.41. The molecule has 0 bridgehead atoms. The molecule has 6 heteroatoms. The molecule has 2 aromatic heterocycles. The Morgan fingerprint density at radius 2 is 1.84 bits per heavy atom. The van der Waals surface area contributed by atoms with Crippen molar-refractivity contribution in [3.8, 4) is 0 Å². The average Bonchev–Trinajstić information content (AvgIpc) is 3.22. The highest BCUT2D eigenvalue weighted by Gasteiger charge is 2.35. The number of Topliss-reactive ketones (excluding diaryl/α,β-unsaturated/α-hetero) is 1. The van der Waals surface area contributed by atoms with E-state index in [1.165, 1.54) is 11.6 Å². The predicted molar refractivity (Wildman–Crippen MR) is 116 cm³/mol. The monoisotopic (exact) mass is 435 g/mol. The number of ketones is 1. The summed E-state index contributed by atoms with van der Waals surface area (Å²) in [6.45, 7) is 2.12. The summed E-state index contributed by atoms with van der Waals surface area (Å²) in [5, 5.41) is 0.984. The maximum absolute atomic E-state index is 13.2. The molecule has 0 fully saturated rings. The van der Waals surface area contributed by atoms with Gasteiger partial charge in [-0.15, -0.1) is 0 Å². The van der Waals surface area contributed by atoms with E-state index in [9.17, 15) is 18.0 Å². The van der Waals surface area contributed by atoms with Crippen LogP contribution >= 0.6 is 0 Å². The lowest BCUT2D eigenvalue weighted by atomic mass is 9.86. The molecule has 162 valence electrons. The second-order valence-electron chi connectivity index (χ2n) is 8.33. The Morgan fingerprint density at radius 1 is 1.06 bits per heavy atom. The minimum atomic E-state index is -4.47. The fraction of sp³-hybridized carbons (Fsp3) is 0.231. The van der Waals surface area contributed by atoms with Gasteiger partial charge < -0.3 is 4.57 Å². The van der Waals surface area contributed by atoms with Crippen LogP contribution in [0.25, 0.3) is 10.9 Å². The van der Waals surface area contributed by atoms with Gasteiger partial charge in [-0.2, -0.15) is 17.7 Å². The van der Waals surface area contributed by atoms with Gasteiger partial charge in [-0.25, -0.2) is 0 Å². The SMILES string of the molecule is CC(c1ccccc1)[n+]1ccc2c(ccn2C2CCc3ccc(C(F)(F)F)cc3C2=O)c1. The molecule has 2 unspecified atom stereocenters. The number of carbonyl (C=O) groups is 1. The summed E-state index contributed by atoms with van der Waals surface area (Å²) in [7, 11) is 0. The van der Waals surface area contributed by atoms with Crippen LogP contribution in [-0.2, 0) is 12.6 Å². The van der Waals surface area contributed by atoms with Crippen molar-refractivity contribution in [2.75, 3.05) is 0 Å². The molecule has 0 spiro atoms. The number of aryl methyl sites for hydroxylation is 1. The molecule has 0 N–H and O–H groups in total. The second kappa shape index (κ2) is 7.62. The summed E-state index contributed by atoms with van der Waals surface area (Å²) in [4.78, 5) is 13.2. The molecule has 0 saturated carbocycles. The van der Waals surface area contributed by atoms with Gasteiger partial charge in [-0.1, -0.05) is 36.4 Å². The van der Waals surface area contributed by atoms with Gasteiger partial charge in [0.1, 0.15) is 0 Å². The number of benzene rings is 2. The molecule has 0 aliphatic heterocycles. The number of aromatic nitrogens is 2. The van der Waals surface area contributed by atoms with Crippen LogP contribution in [0.5, 0.6) is 0 Å². The molecule has 1 aliphatic rings. The zero-order valence-corrected chi connectivity index (χ0v) is 17.5. The van der Waals surface area contributed by atoms with E-state index in [2.05, 4.69) is 23.6 Å². The molecule has 0 amide bonds. The molecular weight excluding hydrogens is 413 g/mol. The zero-order valence-electron chi connectivity index (χ0n) is 17.5. The Bertz CT molecular complexity index is 1310. The zero-order chi connectivity index (χ0) is 22.5. The summed E-state index contributed by atoms with van der Waals surface area (Å²) in [5.74, 6) is -0.260. The van der Waals surface area contributed by atoms with Crippen LogP contribution in [0, 0.1) is 0 Å². The standard InChI is InChI=1S/C26H22F3N2O/c1-17(18-5-3-2-4-6-18)30-13-12-23-20(16-30)11-14-31(23)24-10-8-19-7-9-21(26(27,28)29)15-22(19)25(24)32/h2-7,9,11-17,24H,8,10H2,1H3/q+1. The lowest BCUT2D eigenvalue weighted by molar-refractivity contribution is -0.709. The fourth-order valence-corrected chi connectivity index (χ4v) is 4.61. The van der Waals surface area contributed by atoms with Gasteiger partial charge in [0.05, 0.1) is 22.5 Å². The second-order valence-corrected chi connectivity index (χ2v) is 8.33. The topological polar surface area (TPSA) is 25.9 Å². The normalized spacial score (nSPS) is 17.4. The molecule has 0 saturated heterocycles. The number of hydrogen-bond donors (Lipinski definition) is 0. The number of alkyl halides is 3. The first kappa shape index (κ1) is 20.5. The summed E-state index contributed by atoms with van der Waals surface area (Å²) in [6.07, 6.45) is 2.57. The summed E-state index contributed by atoms with van der Waals surface area (Å²) >= 11 is 0. The molecule has 3 nitrogen and oxygen atoms in total. The first-order chi connectivity index (χ1) is 15.3. The van der Waals surface area contributed by atoms with Crippen LogP contribution in [0.4, 0.5) is 13.2 Å². The molecule has 1 aliphatic carbocycles. The minimum absolute atomic E-state index is 0.146. The van der Waals surface area contributed by atoms with Gasteiger partial charge in [-0.05, 0) is 36.6 Å². The van der Waals surface area contributed by atoms with Gasteiger partial charge in [0.25, 0.3) is 0 Å². The van der Waals surface area contributed by atoms with E-state index in [0.717, 1.165) is 23.0 Å². The van der Waals surface area contributed by atoms with Crippen LogP contribution in [0.1, 0.15) is 52.5 Å². The molecule has 32 heavy (non-hydrogen) atoms. The van der Waals surface area contributed by atoms with Gasteiger partial charge in [0.2, 0.25) is 0 Å². The van der Waals surface area contributed by atoms with Crippen molar-refractivity contribution in [3.05, 3.63) is 102 Å². The summed E-state index contributed by atoms with van der Waals surface area (Å²) < 4.78 is 43.5. The fourth-order valence-electron chi connectivity index (χ4n) is 4.61. The number of halogens is 3. The van der Waals surface area contributed by atoms with E-state index in [-0.39, 0.29) is 17.4 Å². The molecule has 4 aromatic rings. The van der Waals surface area contributed by atoms with Crippen LogP contribution in [0.3, 0.4) is 0 Å². The van der Waals surface area contributed by atoms with Crippen molar-refractivity contribution < 1.29 is 22.5 Å². The first-order valence-corrected chi connectivity index (χ1v) is 10.6. The number of pyridine rings is 1. The lowest BCUT2D eigenvalue weighted by Crippen LogP contribution is -2.37. The van der Waals surface area contributed by atoms with E-state index in [1.54, 1.807) is 0 Å². The Labute approximate surface area is 183 Å². The number of nitrogens with zero attached hydrogens (tertiary/aromatic N) is 2. The molecule has 2 heterocycles. The first-order valence-electron chi connectivity index (χ1n) is 10.6. The number of hydrogen-bond acceptors (Lipinski definition) is 1. The van der Waals surface area contributed by atoms with E-state index in [4.69, 9.17) is 0 Å². The van der Waals surface area contributed by atoms with Crippen molar-refractivity contribution in [3.63, 3.8) is 0 Å². The Morgan fingerprint density at radius 3 is 2.59 bits per heavy atom. The largest absolute Gasteiger partial charge is 0.416 e. The third kappa shape index (κ3) is 3.49. The quantitative estimate of drug-likeness (QED) is 0.367.